The van der Waals surface area contributed by atoms with Crippen molar-refractivity contribution in [2.24, 2.45) is 0 Å². The van der Waals surface area contributed by atoms with Crippen LogP contribution in [0, 0.1) is 0 Å². The van der Waals surface area contributed by atoms with E-state index in [2.05, 4.69) is 14.7 Å². The molecule has 0 aliphatic rings. The third kappa shape index (κ3) is 3.36. The summed E-state index contributed by atoms with van der Waals surface area (Å²) in [5, 5.41) is 0. The SMILES string of the molecule is COC(=O)c1c(/C=C\c2ccccn2)[nH]c(OC)cc1=O. The van der Waals surface area contributed by atoms with Gasteiger partial charge in [-0.2, -0.15) is 0 Å². The van der Waals surface area contributed by atoms with Gasteiger partial charge in [0.1, 0.15) is 5.56 Å². The summed E-state index contributed by atoms with van der Waals surface area (Å²) in [5.41, 5.74) is 0.442. The number of hydrogen-bond acceptors (Lipinski definition) is 5. The van der Waals surface area contributed by atoms with Crippen molar-refractivity contribution in [3.05, 3.63) is 57.6 Å². The molecule has 0 radical (unpaired) electrons. The lowest BCUT2D eigenvalue weighted by Gasteiger charge is -2.06. The second kappa shape index (κ2) is 6.51. The summed E-state index contributed by atoms with van der Waals surface area (Å²) in [6, 6.07) is 6.63. The van der Waals surface area contributed by atoms with E-state index in [1.807, 2.05) is 6.07 Å². The Morgan fingerprint density at radius 1 is 1.29 bits per heavy atom. The first-order valence-corrected chi connectivity index (χ1v) is 6.14. The highest BCUT2D eigenvalue weighted by Gasteiger charge is 2.16. The standard InChI is InChI=1S/C15H14N2O4/c1-20-13-9-12(18)14(15(19)21-2)11(17-13)7-6-10-5-3-4-8-16-10/h3-9H,1-2H3,(H,17,18)/b7-6-. The number of rotatable bonds is 4. The maximum absolute atomic E-state index is 12.0. The number of carbonyl (C=O) groups is 1. The molecular formula is C15H14N2O4. The fraction of sp³-hybridized carbons (Fsp3) is 0.133. The largest absolute Gasteiger partial charge is 0.482 e. The first-order chi connectivity index (χ1) is 10.2. The lowest BCUT2D eigenvalue weighted by atomic mass is 10.1. The molecule has 2 aromatic rings. The molecule has 0 saturated heterocycles. The molecule has 0 atom stereocenters. The van der Waals surface area contributed by atoms with Crippen molar-refractivity contribution in [2.75, 3.05) is 14.2 Å². The Morgan fingerprint density at radius 2 is 2.10 bits per heavy atom. The summed E-state index contributed by atoms with van der Waals surface area (Å²) in [7, 11) is 2.65. The third-order valence-corrected chi connectivity index (χ3v) is 2.75. The van der Waals surface area contributed by atoms with Crippen LogP contribution in [-0.2, 0) is 4.74 Å². The van der Waals surface area contributed by atoms with Crippen molar-refractivity contribution in [1.29, 1.82) is 0 Å². The molecule has 0 bridgehead atoms. The molecule has 0 spiro atoms. The van der Waals surface area contributed by atoms with Crippen LogP contribution in [-0.4, -0.2) is 30.2 Å². The highest BCUT2D eigenvalue weighted by Crippen LogP contribution is 2.12. The number of methoxy groups -OCH3 is 2. The van der Waals surface area contributed by atoms with Gasteiger partial charge in [0.25, 0.3) is 0 Å². The number of hydrogen-bond donors (Lipinski definition) is 1. The highest BCUT2D eigenvalue weighted by molar-refractivity contribution is 5.93. The van der Waals surface area contributed by atoms with Gasteiger partial charge in [-0.25, -0.2) is 4.79 Å². The molecular weight excluding hydrogens is 272 g/mol. The molecule has 0 aromatic carbocycles. The number of ether oxygens (including phenoxy) is 2. The first kappa shape index (κ1) is 14.5. The number of carbonyl (C=O) groups excluding carboxylic acids is 1. The van der Waals surface area contributed by atoms with Crippen molar-refractivity contribution < 1.29 is 14.3 Å². The monoisotopic (exact) mass is 286 g/mol. The average molecular weight is 286 g/mol. The van der Waals surface area contributed by atoms with Crippen LogP contribution in [0.3, 0.4) is 0 Å². The van der Waals surface area contributed by atoms with Crippen molar-refractivity contribution in [1.82, 2.24) is 9.97 Å². The number of esters is 1. The van der Waals surface area contributed by atoms with Crippen LogP contribution in [0.25, 0.3) is 12.2 Å². The van der Waals surface area contributed by atoms with Crippen molar-refractivity contribution in [2.45, 2.75) is 0 Å². The van der Waals surface area contributed by atoms with E-state index in [0.717, 1.165) is 0 Å². The molecule has 0 unspecified atom stereocenters. The lowest BCUT2D eigenvalue weighted by molar-refractivity contribution is 0.0598. The number of nitrogens with zero attached hydrogens (tertiary/aromatic N) is 1. The Labute approximate surface area is 121 Å². The minimum atomic E-state index is -0.709. The number of aromatic amines is 1. The van der Waals surface area contributed by atoms with Gasteiger partial charge in [-0.1, -0.05) is 6.07 Å². The molecule has 6 heteroatoms. The molecule has 0 aliphatic heterocycles. The van der Waals surface area contributed by atoms with E-state index in [0.29, 0.717) is 11.4 Å². The molecule has 108 valence electrons. The molecule has 0 fully saturated rings. The molecule has 2 aromatic heterocycles. The van der Waals surface area contributed by atoms with E-state index in [1.54, 1.807) is 30.5 Å². The quantitative estimate of drug-likeness (QED) is 0.866. The predicted octanol–water partition coefficient (Wildman–Crippen LogP) is 1.74. The molecule has 0 saturated carbocycles. The number of pyridine rings is 2. The van der Waals surface area contributed by atoms with Gasteiger partial charge in [0.2, 0.25) is 5.43 Å². The van der Waals surface area contributed by atoms with E-state index < -0.39 is 11.4 Å². The van der Waals surface area contributed by atoms with E-state index in [9.17, 15) is 9.59 Å². The number of nitrogens with one attached hydrogen (secondary N) is 1. The molecule has 21 heavy (non-hydrogen) atoms. The normalized spacial score (nSPS) is 10.6. The van der Waals surface area contributed by atoms with Crippen molar-refractivity contribution >= 4 is 18.1 Å². The zero-order valence-electron chi connectivity index (χ0n) is 11.6. The maximum atomic E-state index is 12.0. The van der Waals surface area contributed by atoms with Gasteiger partial charge in [0.15, 0.2) is 5.88 Å². The van der Waals surface area contributed by atoms with Gasteiger partial charge < -0.3 is 14.5 Å². The summed E-state index contributed by atoms with van der Waals surface area (Å²) in [5.74, 6) is -0.451. The van der Waals surface area contributed by atoms with Crippen LogP contribution < -0.4 is 10.2 Å². The maximum Gasteiger partial charge on any atom is 0.344 e. The van der Waals surface area contributed by atoms with Crippen LogP contribution in [0.2, 0.25) is 0 Å². The van der Waals surface area contributed by atoms with Gasteiger partial charge in [0, 0.05) is 12.3 Å². The fourth-order valence-electron chi connectivity index (χ4n) is 1.75. The molecule has 2 rings (SSSR count). The van der Waals surface area contributed by atoms with Gasteiger partial charge in [-0.15, -0.1) is 0 Å². The molecule has 6 nitrogen and oxygen atoms in total. The van der Waals surface area contributed by atoms with Crippen LogP contribution in [0.5, 0.6) is 5.88 Å². The highest BCUT2D eigenvalue weighted by atomic mass is 16.5. The number of H-pyrrole nitrogens is 1. The first-order valence-electron chi connectivity index (χ1n) is 6.14. The Kier molecular flexibility index (Phi) is 4.50. The zero-order chi connectivity index (χ0) is 15.2. The molecule has 0 amide bonds. The summed E-state index contributed by atoms with van der Waals surface area (Å²) in [4.78, 5) is 30.7. The van der Waals surface area contributed by atoms with Gasteiger partial charge in [0.05, 0.1) is 25.6 Å². The Hall–Kier alpha value is -2.89. The average Bonchev–Trinajstić information content (AvgIpc) is 2.52. The van der Waals surface area contributed by atoms with E-state index in [4.69, 9.17) is 4.74 Å². The minimum Gasteiger partial charge on any atom is -0.482 e. The summed E-state index contributed by atoms with van der Waals surface area (Å²) < 4.78 is 9.63. The third-order valence-electron chi connectivity index (χ3n) is 2.75. The molecule has 1 N–H and O–H groups in total. The second-order valence-electron chi connectivity index (χ2n) is 4.07. The summed E-state index contributed by atoms with van der Waals surface area (Å²) in [6.07, 6.45) is 4.91. The zero-order valence-corrected chi connectivity index (χ0v) is 11.6. The summed E-state index contributed by atoms with van der Waals surface area (Å²) >= 11 is 0. The molecule has 2 heterocycles. The van der Waals surface area contributed by atoms with Gasteiger partial charge >= 0.3 is 5.97 Å². The lowest BCUT2D eigenvalue weighted by Crippen LogP contribution is -2.19. The van der Waals surface area contributed by atoms with Crippen LogP contribution in [0.15, 0.2) is 35.3 Å². The van der Waals surface area contributed by atoms with E-state index in [-0.39, 0.29) is 11.4 Å². The predicted molar refractivity (Wildman–Crippen MR) is 78.1 cm³/mol. The number of aromatic nitrogens is 2. The fourth-order valence-corrected chi connectivity index (χ4v) is 1.75. The van der Waals surface area contributed by atoms with E-state index >= 15 is 0 Å². The molecule has 0 aliphatic carbocycles. The Bertz CT molecular complexity index is 720. The van der Waals surface area contributed by atoms with Crippen LogP contribution in [0.1, 0.15) is 21.7 Å². The van der Waals surface area contributed by atoms with Crippen LogP contribution >= 0.6 is 0 Å². The second-order valence-corrected chi connectivity index (χ2v) is 4.07. The van der Waals surface area contributed by atoms with Crippen molar-refractivity contribution in [3.8, 4) is 5.88 Å². The van der Waals surface area contributed by atoms with Gasteiger partial charge in [-0.05, 0) is 24.3 Å². The van der Waals surface area contributed by atoms with E-state index in [1.165, 1.54) is 20.3 Å². The Balaban J connectivity index is 2.50. The van der Waals surface area contributed by atoms with Crippen LogP contribution in [0.4, 0.5) is 0 Å². The minimum absolute atomic E-state index is 0.0783. The van der Waals surface area contributed by atoms with Gasteiger partial charge in [-0.3, -0.25) is 9.78 Å². The smallest absolute Gasteiger partial charge is 0.344 e. The Morgan fingerprint density at radius 3 is 2.71 bits per heavy atom. The van der Waals surface area contributed by atoms with Crippen molar-refractivity contribution in [3.63, 3.8) is 0 Å². The topological polar surface area (TPSA) is 81.3 Å². The summed E-state index contributed by atoms with van der Waals surface area (Å²) in [6.45, 7) is 0.